The molecule has 146 valence electrons. The molecule has 0 unspecified atom stereocenters. The first-order valence-corrected chi connectivity index (χ1v) is 11.6. The third-order valence-electron chi connectivity index (χ3n) is 4.68. The van der Waals surface area contributed by atoms with Gasteiger partial charge in [0, 0.05) is 17.8 Å². The largest absolute Gasteiger partial charge is 0.353 e. The molecule has 1 saturated carbocycles. The fraction of sp³-hybridized carbons (Fsp3) is 0.474. The first-order valence-electron chi connectivity index (χ1n) is 9.26. The van der Waals surface area contributed by atoms with Gasteiger partial charge in [0.05, 0.1) is 10.6 Å². The number of thiazole rings is 1. The third kappa shape index (κ3) is 5.77. The van der Waals surface area contributed by atoms with E-state index in [1.807, 2.05) is 6.92 Å². The maximum Gasteiger partial charge on any atom is 0.263 e. The van der Waals surface area contributed by atoms with E-state index >= 15 is 0 Å². The van der Waals surface area contributed by atoms with E-state index in [9.17, 15) is 13.2 Å². The van der Waals surface area contributed by atoms with Crippen molar-refractivity contribution in [2.45, 2.75) is 62.8 Å². The Balaban J connectivity index is 1.52. The number of benzene rings is 1. The van der Waals surface area contributed by atoms with Crippen molar-refractivity contribution in [3.8, 4) is 0 Å². The van der Waals surface area contributed by atoms with Gasteiger partial charge in [0.1, 0.15) is 0 Å². The number of nitrogens with zero attached hydrogens (tertiary/aromatic N) is 1. The van der Waals surface area contributed by atoms with Crippen LogP contribution in [0.1, 0.15) is 49.8 Å². The average molecular weight is 408 g/mol. The van der Waals surface area contributed by atoms with Gasteiger partial charge in [-0.3, -0.25) is 9.52 Å². The molecular weight excluding hydrogens is 382 g/mol. The molecule has 1 amide bonds. The topological polar surface area (TPSA) is 88.2 Å². The smallest absolute Gasteiger partial charge is 0.263 e. The first kappa shape index (κ1) is 19.8. The van der Waals surface area contributed by atoms with Crippen LogP contribution < -0.4 is 10.0 Å². The van der Waals surface area contributed by atoms with Gasteiger partial charge in [0.15, 0.2) is 5.13 Å². The molecule has 8 heteroatoms. The number of carbonyl (C=O) groups is 1. The molecular formula is C19H25N3O3S2. The number of rotatable bonds is 7. The molecule has 0 spiro atoms. The molecule has 0 aliphatic heterocycles. The van der Waals surface area contributed by atoms with Gasteiger partial charge in [-0.2, -0.15) is 0 Å². The van der Waals surface area contributed by atoms with Gasteiger partial charge in [0.25, 0.3) is 10.0 Å². The highest BCUT2D eigenvalue weighted by Crippen LogP contribution is 2.21. The number of nitrogens with one attached hydrogen (secondary N) is 2. The lowest BCUT2D eigenvalue weighted by Gasteiger charge is -2.22. The molecule has 1 heterocycles. The van der Waals surface area contributed by atoms with Gasteiger partial charge in [-0.1, -0.05) is 37.0 Å². The molecule has 0 radical (unpaired) electrons. The van der Waals surface area contributed by atoms with Crippen LogP contribution in [0, 0.1) is 6.92 Å². The third-order valence-corrected chi connectivity index (χ3v) is 6.97. The van der Waals surface area contributed by atoms with Gasteiger partial charge < -0.3 is 5.32 Å². The second-order valence-electron chi connectivity index (χ2n) is 6.96. The monoisotopic (exact) mass is 407 g/mol. The van der Waals surface area contributed by atoms with Gasteiger partial charge >= 0.3 is 0 Å². The summed E-state index contributed by atoms with van der Waals surface area (Å²) in [5.41, 5.74) is 1.72. The van der Waals surface area contributed by atoms with Crippen molar-refractivity contribution < 1.29 is 13.2 Å². The number of carbonyl (C=O) groups excluding carboxylic acids is 1. The lowest BCUT2D eigenvalue weighted by Crippen LogP contribution is -2.36. The van der Waals surface area contributed by atoms with Crippen LogP contribution in [0.3, 0.4) is 0 Å². The van der Waals surface area contributed by atoms with E-state index in [0.29, 0.717) is 24.0 Å². The zero-order valence-corrected chi connectivity index (χ0v) is 17.0. The van der Waals surface area contributed by atoms with Crippen molar-refractivity contribution >= 4 is 32.4 Å². The molecule has 0 saturated heterocycles. The summed E-state index contributed by atoms with van der Waals surface area (Å²) in [5, 5.41) is 5.20. The normalized spacial score (nSPS) is 15.4. The summed E-state index contributed by atoms with van der Waals surface area (Å²) in [4.78, 5) is 16.6. The fourth-order valence-electron chi connectivity index (χ4n) is 3.15. The standard InChI is InChI=1S/C19H25N3O3S2/c1-14-7-10-17(11-8-14)27(24,25)22-19-21-16(13-26-19)9-12-18(23)20-15-5-3-2-4-6-15/h7-8,10-11,13,15H,2-6,9,12H2,1H3,(H,20,23)(H,21,22). The molecule has 1 fully saturated rings. The van der Waals surface area contributed by atoms with Crippen LogP contribution in [-0.4, -0.2) is 25.4 Å². The summed E-state index contributed by atoms with van der Waals surface area (Å²) in [6, 6.07) is 6.96. The first-order chi connectivity index (χ1) is 12.9. The van der Waals surface area contributed by atoms with Gasteiger partial charge in [-0.25, -0.2) is 13.4 Å². The number of anilines is 1. The average Bonchev–Trinajstić information content (AvgIpc) is 3.08. The second kappa shape index (κ2) is 8.84. The zero-order chi connectivity index (χ0) is 19.3. The Bertz CT molecular complexity index is 870. The van der Waals surface area contributed by atoms with Crippen molar-refractivity contribution in [2.24, 2.45) is 0 Å². The van der Waals surface area contributed by atoms with Crippen molar-refractivity contribution in [1.82, 2.24) is 10.3 Å². The van der Waals surface area contributed by atoms with Crippen LogP contribution in [0.4, 0.5) is 5.13 Å². The number of hydrogen-bond donors (Lipinski definition) is 2. The Morgan fingerprint density at radius 3 is 2.59 bits per heavy atom. The Morgan fingerprint density at radius 2 is 1.89 bits per heavy atom. The molecule has 1 aliphatic rings. The van der Waals surface area contributed by atoms with E-state index in [4.69, 9.17) is 0 Å². The lowest BCUT2D eigenvalue weighted by molar-refractivity contribution is -0.122. The summed E-state index contributed by atoms with van der Waals surface area (Å²) in [5.74, 6) is 0.0386. The number of hydrogen-bond acceptors (Lipinski definition) is 5. The molecule has 2 N–H and O–H groups in total. The highest BCUT2D eigenvalue weighted by Gasteiger charge is 2.17. The number of aryl methyl sites for hydroxylation is 2. The predicted octanol–water partition coefficient (Wildman–Crippen LogP) is 3.63. The maximum atomic E-state index is 12.4. The Morgan fingerprint density at radius 1 is 1.19 bits per heavy atom. The van der Waals surface area contributed by atoms with Crippen LogP contribution in [0.25, 0.3) is 0 Å². The lowest BCUT2D eigenvalue weighted by atomic mass is 9.95. The minimum absolute atomic E-state index is 0.0386. The van der Waals surface area contributed by atoms with Crippen molar-refractivity contribution in [3.05, 3.63) is 40.9 Å². The minimum atomic E-state index is -3.65. The van der Waals surface area contributed by atoms with E-state index in [1.54, 1.807) is 29.6 Å². The molecule has 2 aromatic rings. The highest BCUT2D eigenvalue weighted by atomic mass is 32.2. The van der Waals surface area contributed by atoms with Crippen LogP contribution in [-0.2, 0) is 21.2 Å². The van der Waals surface area contributed by atoms with Crippen LogP contribution in [0.15, 0.2) is 34.5 Å². The van der Waals surface area contributed by atoms with Gasteiger partial charge in [0.2, 0.25) is 5.91 Å². The van der Waals surface area contributed by atoms with Crippen molar-refractivity contribution in [2.75, 3.05) is 4.72 Å². The molecule has 6 nitrogen and oxygen atoms in total. The second-order valence-corrected chi connectivity index (χ2v) is 9.51. The van der Waals surface area contributed by atoms with Crippen LogP contribution in [0.2, 0.25) is 0 Å². The van der Waals surface area contributed by atoms with E-state index in [2.05, 4.69) is 15.0 Å². The molecule has 1 aliphatic carbocycles. The number of amides is 1. The molecule has 3 rings (SSSR count). The Hall–Kier alpha value is -1.93. The number of aromatic nitrogens is 1. The molecule has 1 aromatic carbocycles. The van der Waals surface area contributed by atoms with Crippen LogP contribution in [0.5, 0.6) is 0 Å². The zero-order valence-electron chi connectivity index (χ0n) is 15.4. The molecule has 27 heavy (non-hydrogen) atoms. The van der Waals surface area contributed by atoms with E-state index in [-0.39, 0.29) is 10.8 Å². The Kier molecular flexibility index (Phi) is 6.49. The summed E-state index contributed by atoms with van der Waals surface area (Å²) >= 11 is 1.23. The Labute approximate surface area is 164 Å². The van der Waals surface area contributed by atoms with Crippen molar-refractivity contribution in [3.63, 3.8) is 0 Å². The summed E-state index contributed by atoms with van der Waals surface area (Å²) < 4.78 is 27.3. The minimum Gasteiger partial charge on any atom is -0.353 e. The van der Waals surface area contributed by atoms with E-state index < -0.39 is 10.0 Å². The quantitative estimate of drug-likeness (QED) is 0.733. The van der Waals surface area contributed by atoms with E-state index in [0.717, 1.165) is 24.1 Å². The summed E-state index contributed by atoms with van der Waals surface area (Å²) in [6.45, 7) is 1.90. The maximum absolute atomic E-state index is 12.4. The summed E-state index contributed by atoms with van der Waals surface area (Å²) in [7, 11) is -3.65. The number of sulfonamides is 1. The fourth-order valence-corrected chi connectivity index (χ4v) is 5.15. The predicted molar refractivity (Wildman–Crippen MR) is 107 cm³/mol. The molecule has 0 bridgehead atoms. The highest BCUT2D eigenvalue weighted by molar-refractivity contribution is 7.93. The van der Waals surface area contributed by atoms with Gasteiger partial charge in [-0.05, 0) is 38.3 Å². The molecule has 0 atom stereocenters. The van der Waals surface area contributed by atoms with E-state index in [1.165, 1.54) is 30.6 Å². The molecule has 1 aromatic heterocycles. The van der Waals surface area contributed by atoms with Gasteiger partial charge in [-0.15, -0.1) is 11.3 Å². The SMILES string of the molecule is Cc1ccc(S(=O)(=O)Nc2nc(CCC(=O)NC3CCCCC3)cs2)cc1. The van der Waals surface area contributed by atoms with Crippen molar-refractivity contribution in [1.29, 1.82) is 0 Å². The summed E-state index contributed by atoms with van der Waals surface area (Å²) in [6.07, 6.45) is 6.61. The van der Waals surface area contributed by atoms with Crippen LogP contribution >= 0.6 is 11.3 Å².